The van der Waals surface area contributed by atoms with Gasteiger partial charge in [-0.1, -0.05) is 44.7 Å². The molecule has 0 amide bonds. The molecule has 60 valence electrons. The summed E-state index contributed by atoms with van der Waals surface area (Å²) in [6.07, 6.45) is 0. The van der Waals surface area contributed by atoms with Gasteiger partial charge in [-0.3, -0.25) is 0 Å². The molecule has 10 heavy (non-hydrogen) atoms. The van der Waals surface area contributed by atoms with Gasteiger partial charge < -0.3 is 0 Å². The van der Waals surface area contributed by atoms with E-state index in [0.717, 1.165) is 0 Å². The van der Waals surface area contributed by atoms with E-state index >= 15 is 0 Å². The summed E-state index contributed by atoms with van der Waals surface area (Å²) in [6, 6.07) is 0. The van der Waals surface area contributed by atoms with E-state index in [1.54, 1.807) is 7.75 Å². The van der Waals surface area contributed by atoms with Gasteiger partial charge in [-0.05, 0) is 0 Å². The van der Waals surface area contributed by atoms with Crippen molar-refractivity contribution in [2.24, 2.45) is 0 Å². The van der Waals surface area contributed by atoms with E-state index in [-0.39, 0.29) is 0 Å². The smallest absolute Gasteiger partial charge is 0.101 e. The molecule has 0 aliphatic carbocycles. The van der Waals surface area contributed by atoms with Gasteiger partial charge >= 0.3 is 0 Å². The standard InChI is InChI=1S/C7H19PSi2/c1-9(2,3)7-8-10(4,5)6/h7H,1-6H3. The fourth-order valence-corrected chi connectivity index (χ4v) is 10.5. The molecule has 0 aliphatic rings. The summed E-state index contributed by atoms with van der Waals surface area (Å²) >= 11 is 0. The van der Waals surface area contributed by atoms with Gasteiger partial charge in [-0.25, -0.2) is 0 Å². The Morgan fingerprint density at radius 3 is 1.40 bits per heavy atom. The van der Waals surface area contributed by atoms with Crippen molar-refractivity contribution in [1.29, 1.82) is 0 Å². The van der Waals surface area contributed by atoms with Crippen molar-refractivity contribution >= 4 is 29.0 Å². The fraction of sp³-hybridized carbons (Fsp3) is 0.857. The van der Waals surface area contributed by atoms with E-state index in [2.05, 4.69) is 44.7 Å². The lowest BCUT2D eigenvalue weighted by atomic mass is 11.8. The third kappa shape index (κ3) is 8.60. The summed E-state index contributed by atoms with van der Waals surface area (Å²) in [6.45, 7) is 14.5. The first-order chi connectivity index (χ1) is 4.21. The topological polar surface area (TPSA) is 0 Å². The molecule has 0 aromatic carbocycles. The van der Waals surface area contributed by atoms with Crippen LogP contribution in [0.5, 0.6) is 0 Å². The second-order valence-electron chi connectivity index (χ2n) is 4.80. The zero-order chi connectivity index (χ0) is 8.41. The van der Waals surface area contributed by atoms with Crippen LogP contribution in [-0.2, 0) is 0 Å². The minimum absolute atomic E-state index is 0.816. The maximum Gasteiger partial charge on any atom is 0.101 e. The highest BCUT2D eigenvalue weighted by Crippen LogP contribution is 2.18. The highest BCUT2D eigenvalue weighted by Gasteiger charge is 2.13. The van der Waals surface area contributed by atoms with Crippen molar-refractivity contribution in [2.45, 2.75) is 39.3 Å². The average molecular weight is 190 g/mol. The van der Waals surface area contributed by atoms with Gasteiger partial charge in [0.2, 0.25) is 0 Å². The lowest BCUT2D eigenvalue weighted by Gasteiger charge is -2.13. The Hall–Kier alpha value is 0.604. The zero-order valence-corrected chi connectivity index (χ0v) is 10.9. The van der Waals surface area contributed by atoms with Crippen LogP contribution in [0.25, 0.3) is 0 Å². The van der Waals surface area contributed by atoms with Crippen LogP contribution in [0.3, 0.4) is 0 Å². The zero-order valence-electron chi connectivity index (χ0n) is 8.02. The molecule has 0 heterocycles. The van der Waals surface area contributed by atoms with Crippen LogP contribution in [0.2, 0.25) is 39.3 Å². The molecule has 0 aromatic heterocycles. The molecule has 0 aliphatic heterocycles. The summed E-state index contributed by atoms with van der Waals surface area (Å²) < 4.78 is 0. The lowest BCUT2D eigenvalue weighted by molar-refractivity contribution is 1.85. The highest BCUT2D eigenvalue weighted by atomic mass is 31.3. The first-order valence-corrected chi connectivity index (χ1v) is 12.7. The Bertz CT molecular complexity index is 112. The van der Waals surface area contributed by atoms with Crippen molar-refractivity contribution in [3.63, 3.8) is 0 Å². The van der Waals surface area contributed by atoms with E-state index in [1.807, 2.05) is 0 Å². The quantitative estimate of drug-likeness (QED) is 0.462. The van der Waals surface area contributed by atoms with Gasteiger partial charge in [0.25, 0.3) is 0 Å². The summed E-state index contributed by atoms with van der Waals surface area (Å²) in [4.78, 5) is 0. The van der Waals surface area contributed by atoms with E-state index in [1.165, 1.54) is 0 Å². The predicted molar refractivity (Wildman–Crippen MR) is 59.7 cm³/mol. The largest absolute Gasteiger partial charge is 0.136 e. The van der Waals surface area contributed by atoms with Gasteiger partial charge in [-0.15, -0.1) is 7.75 Å². The minimum Gasteiger partial charge on any atom is -0.136 e. The van der Waals surface area contributed by atoms with Crippen LogP contribution in [0.15, 0.2) is 0 Å². The van der Waals surface area contributed by atoms with Crippen molar-refractivity contribution in [3.8, 4) is 0 Å². The average Bonchev–Trinajstić information content (AvgIpc) is 1.57. The monoisotopic (exact) mass is 190 g/mol. The molecular weight excluding hydrogens is 171 g/mol. The van der Waals surface area contributed by atoms with Gasteiger partial charge in [0.05, 0.1) is 8.07 Å². The van der Waals surface area contributed by atoms with E-state index < -0.39 is 15.8 Å². The molecule has 3 heteroatoms. The van der Waals surface area contributed by atoms with E-state index in [0.29, 0.717) is 0 Å². The molecule has 0 atom stereocenters. The molecule has 0 nitrogen and oxygen atoms in total. The maximum absolute atomic E-state index is 2.57. The summed E-state index contributed by atoms with van der Waals surface area (Å²) in [5.41, 5.74) is 2.57. The van der Waals surface area contributed by atoms with Crippen molar-refractivity contribution in [3.05, 3.63) is 0 Å². The van der Waals surface area contributed by atoms with Crippen LogP contribution in [0.1, 0.15) is 0 Å². The molecule has 0 spiro atoms. The number of rotatable bonds is 2. The van der Waals surface area contributed by atoms with Crippen LogP contribution >= 0.6 is 7.75 Å². The Balaban J connectivity index is 4.01. The molecule has 0 radical (unpaired) electrons. The van der Waals surface area contributed by atoms with Crippen LogP contribution < -0.4 is 0 Å². The number of hydrogen-bond donors (Lipinski definition) is 0. The first-order valence-electron chi connectivity index (χ1n) is 3.77. The Labute approximate surface area is 68.7 Å². The highest BCUT2D eigenvalue weighted by molar-refractivity contribution is 7.83. The SMILES string of the molecule is C[Si](C)(C)C=P[Si](C)(C)C. The molecule has 0 fully saturated rings. The van der Waals surface area contributed by atoms with Crippen molar-refractivity contribution in [1.82, 2.24) is 0 Å². The van der Waals surface area contributed by atoms with E-state index in [9.17, 15) is 0 Å². The van der Waals surface area contributed by atoms with Crippen LogP contribution in [0.4, 0.5) is 0 Å². The number of hydrogen-bond acceptors (Lipinski definition) is 0. The normalized spacial score (nSPS) is 14.6. The molecular formula is C7H19PSi2. The summed E-state index contributed by atoms with van der Waals surface area (Å²) in [5.74, 6) is 0. The van der Waals surface area contributed by atoms with Crippen LogP contribution in [0, 0.1) is 0 Å². The molecule has 0 unspecified atom stereocenters. The second kappa shape index (κ2) is 3.33. The van der Waals surface area contributed by atoms with Gasteiger partial charge in [0, 0.05) is 0 Å². The minimum atomic E-state index is -0.870. The summed E-state index contributed by atoms with van der Waals surface area (Å²) in [5, 5.41) is 0. The van der Waals surface area contributed by atoms with Crippen molar-refractivity contribution in [2.75, 3.05) is 0 Å². The molecule has 0 aromatic rings. The lowest BCUT2D eigenvalue weighted by Crippen LogP contribution is -2.23. The molecule has 0 saturated carbocycles. The van der Waals surface area contributed by atoms with Crippen LogP contribution in [-0.4, -0.2) is 21.2 Å². The van der Waals surface area contributed by atoms with Gasteiger partial charge in [-0.2, -0.15) is 0 Å². The molecule has 0 bridgehead atoms. The second-order valence-corrected chi connectivity index (χ2v) is 20.0. The van der Waals surface area contributed by atoms with Crippen molar-refractivity contribution < 1.29 is 0 Å². The Morgan fingerprint density at radius 2 is 1.30 bits per heavy atom. The van der Waals surface area contributed by atoms with Gasteiger partial charge in [0.15, 0.2) is 0 Å². The third-order valence-electron chi connectivity index (χ3n) is 0.839. The predicted octanol–water partition coefficient (Wildman–Crippen LogP) is 3.45. The molecule has 0 rings (SSSR count). The van der Waals surface area contributed by atoms with E-state index in [4.69, 9.17) is 0 Å². The molecule has 0 N–H and O–H groups in total. The maximum atomic E-state index is 2.57. The van der Waals surface area contributed by atoms with Gasteiger partial charge in [0.1, 0.15) is 7.74 Å². The molecule has 0 saturated heterocycles. The Kier molecular flexibility index (Phi) is 3.53. The first kappa shape index (κ1) is 10.6. The summed E-state index contributed by atoms with van der Waals surface area (Å²) in [7, 11) is -0.0429. The fourth-order valence-electron chi connectivity index (χ4n) is 0.387. The Morgan fingerprint density at radius 1 is 0.900 bits per heavy atom. The third-order valence-corrected chi connectivity index (χ3v) is 8.71.